The molecule has 4 nitrogen and oxygen atoms in total. The summed E-state index contributed by atoms with van der Waals surface area (Å²) < 4.78 is 2.48. The van der Waals surface area contributed by atoms with Gasteiger partial charge in [-0.3, -0.25) is 0 Å². The smallest absolute Gasteiger partial charge is 0.164 e. The lowest BCUT2D eigenvalue weighted by Crippen LogP contribution is -2.13. The minimum absolute atomic E-state index is 0.198. The summed E-state index contributed by atoms with van der Waals surface area (Å²) in [6, 6.07) is 80.9. The molecule has 0 N–H and O–H groups in total. The normalized spacial score (nSPS) is 13.3. The molecule has 12 aromatic rings. The molecule has 0 saturated carbocycles. The molecule has 1 unspecified atom stereocenters. The van der Waals surface area contributed by atoms with Crippen molar-refractivity contribution in [3.8, 4) is 62.1 Å². The van der Waals surface area contributed by atoms with E-state index in [1.807, 2.05) is 36.4 Å². The van der Waals surface area contributed by atoms with E-state index >= 15 is 0 Å². The zero-order chi connectivity index (χ0) is 42.8. The van der Waals surface area contributed by atoms with E-state index in [-0.39, 0.29) is 5.92 Å². The average Bonchev–Trinajstić information content (AvgIpc) is 3.70. The SMILES string of the molecule is c1ccc(-c2ccc(C3Cc4cc5c(cc4-c4c3ccc3ccccc43)c3ccccc3n5-c3ccc(-c4nc(-c5ccccc5)nc(-c5ccccc5)n4)c4ccccc34)cc2)cc1. The van der Waals surface area contributed by atoms with Crippen LogP contribution in [0.25, 0.3) is 105 Å². The third kappa shape index (κ3) is 6.17. The Bertz CT molecular complexity index is 3720. The van der Waals surface area contributed by atoms with E-state index in [0.717, 1.165) is 39.6 Å². The minimum Gasteiger partial charge on any atom is -0.309 e. The molecular weight excluding hydrogens is 789 g/mol. The third-order valence-electron chi connectivity index (χ3n) is 13.4. The minimum atomic E-state index is 0.198. The van der Waals surface area contributed by atoms with Crippen LogP contribution in [0.5, 0.6) is 0 Å². The predicted molar refractivity (Wildman–Crippen MR) is 268 cm³/mol. The van der Waals surface area contributed by atoms with Crippen LogP contribution in [-0.4, -0.2) is 19.5 Å². The lowest BCUT2D eigenvalue weighted by molar-refractivity contribution is 0.796. The summed E-state index contributed by atoms with van der Waals surface area (Å²) in [5.41, 5.74) is 15.6. The van der Waals surface area contributed by atoms with Crippen molar-refractivity contribution in [3.63, 3.8) is 0 Å². The van der Waals surface area contributed by atoms with Crippen molar-refractivity contribution in [2.24, 2.45) is 0 Å². The van der Waals surface area contributed by atoms with Gasteiger partial charge in [-0.2, -0.15) is 0 Å². The van der Waals surface area contributed by atoms with Crippen LogP contribution in [0, 0.1) is 0 Å². The van der Waals surface area contributed by atoms with Crippen molar-refractivity contribution in [1.82, 2.24) is 19.5 Å². The van der Waals surface area contributed by atoms with Crippen LogP contribution in [-0.2, 0) is 6.42 Å². The third-order valence-corrected chi connectivity index (χ3v) is 13.4. The van der Waals surface area contributed by atoms with Gasteiger partial charge >= 0.3 is 0 Å². The van der Waals surface area contributed by atoms with E-state index in [2.05, 4.69) is 193 Å². The Morgan fingerprint density at radius 3 is 1.65 bits per heavy atom. The molecule has 0 saturated heterocycles. The number of para-hydroxylation sites is 1. The van der Waals surface area contributed by atoms with Crippen LogP contribution >= 0.6 is 0 Å². The van der Waals surface area contributed by atoms with Gasteiger partial charge in [0.15, 0.2) is 17.5 Å². The van der Waals surface area contributed by atoms with Crippen molar-refractivity contribution in [1.29, 1.82) is 0 Å². The molecule has 4 heteroatoms. The highest BCUT2D eigenvalue weighted by Crippen LogP contribution is 2.49. The molecule has 65 heavy (non-hydrogen) atoms. The van der Waals surface area contributed by atoms with Gasteiger partial charge in [-0.25, -0.2) is 15.0 Å². The molecule has 0 aliphatic heterocycles. The van der Waals surface area contributed by atoms with Crippen molar-refractivity contribution >= 4 is 43.4 Å². The Balaban J connectivity index is 1.01. The Hall–Kier alpha value is -8.47. The molecular formula is C61H40N4. The number of nitrogens with zero attached hydrogens (tertiary/aromatic N) is 4. The summed E-state index contributed by atoms with van der Waals surface area (Å²) in [7, 11) is 0. The molecule has 10 aromatic carbocycles. The number of benzene rings is 10. The van der Waals surface area contributed by atoms with Gasteiger partial charge in [-0.15, -0.1) is 0 Å². The molecule has 1 aliphatic carbocycles. The number of hydrogen-bond donors (Lipinski definition) is 0. The number of rotatable bonds is 6. The zero-order valence-corrected chi connectivity index (χ0v) is 35.4. The van der Waals surface area contributed by atoms with E-state index in [1.165, 1.54) is 71.5 Å². The highest BCUT2D eigenvalue weighted by Gasteiger charge is 2.30. The highest BCUT2D eigenvalue weighted by atomic mass is 15.0. The molecule has 0 amide bonds. The molecule has 0 fully saturated rings. The summed E-state index contributed by atoms with van der Waals surface area (Å²) in [6.45, 7) is 0. The summed E-state index contributed by atoms with van der Waals surface area (Å²) in [4.78, 5) is 15.3. The second-order valence-corrected chi connectivity index (χ2v) is 17.1. The number of aromatic nitrogens is 4. The first kappa shape index (κ1) is 37.1. The molecule has 13 rings (SSSR count). The Labute approximate surface area is 376 Å². The zero-order valence-electron chi connectivity index (χ0n) is 35.4. The highest BCUT2D eigenvalue weighted by molar-refractivity contribution is 6.14. The van der Waals surface area contributed by atoms with Crippen molar-refractivity contribution in [3.05, 3.63) is 241 Å². The predicted octanol–water partition coefficient (Wildman–Crippen LogP) is 15.3. The van der Waals surface area contributed by atoms with Gasteiger partial charge in [0.25, 0.3) is 0 Å². The van der Waals surface area contributed by atoms with Gasteiger partial charge in [0, 0.05) is 38.8 Å². The fraction of sp³-hybridized carbons (Fsp3) is 0.0328. The maximum atomic E-state index is 5.15. The summed E-state index contributed by atoms with van der Waals surface area (Å²) in [5.74, 6) is 2.14. The first-order valence-electron chi connectivity index (χ1n) is 22.4. The topological polar surface area (TPSA) is 43.6 Å². The molecule has 2 heterocycles. The summed E-state index contributed by atoms with van der Waals surface area (Å²) in [6.07, 6.45) is 0.898. The van der Waals surface area contributed by atoms with Crippen molar-refractivity contribution in [2.45, 2.75) is 12.3 Å². The lowest BCUT2D eigenvalue weighted by Gasteiger charge is -2.30. The average molecular weight is 829 g/mol. The van der Waals surface area contributed by atoms with Gasteiger partial charge in [0.1, 0.15) is 0 Å². The van der Waals surface area contributed by atoms with Crippen molar-refractivity contribution < 1.29 is 0 Å². The standard InChI is InChI=1S/C61H40N4/c1-4-16-39(17-5-1)40-28-30-42(31-29-40)52-36-45-37-57-54(38-53(45)58-46-23-11-10-18-41(46)32-33-50(52)58)49-26-14-15-27-55(49)65(57)56-35-34-51(47-24-12-13-25-48(47)56)61-63-59(43-19-6-2-7-20-43)62-60(64-61)44-21-8-3-9-22-44/h1-35,37-38,52H,36H2. The fourth-order valence-electron chi connectivity index (χ4n) is 10.4. The first-order valence-corrected chi connectivity index (χ1v) is 22.4. The first-order chi connectivity index (χ1) is 32.2. The van der Waals surface area contributed by atoms with E-state index < -0.39 is 0 Å². The summed E-state index contributed by atoms with van der Waals surface area (Å²) >= 11 is 0. The van der Waals surface area contributed by atoms with Crippen LogP contribution in [0.3, 0.4) is 0 Å². The Kier molecular flexibility index (Phi) is 8.63. The molecule has 1 atom stereocenters. The van der Waals surface area contributed by atoms with Gasteiger partial charge in [-0.1, -0.05) is 194 Å². The largest absolute Gasteiger partial charge is 0.309 e. The second-order valence-electron chi connectivity index (χ2n) is 17.1. The van der Waals surface area contributed by atoms with E-state index in [9.17, 15) is 0 Å². The molecule has 2 aromatic heterocycles. The van der Waals surface area contributed by atoms with Crippen molar-refractivity contribution in [2.75, 3.05) is 0 Å². The second kappa shape index (κ2) is 15.1. The van der Waals surface area contributed by atoms with E-state index in [4.69, 9.17) is 15.0 Å². The molecule has 0 radical (unpaired) electrons. The molecule has 0 spiro atoms. The van der Waals surface area contributed by atoms with Gasteiger partial charge < -0.3 is 4.57 Å². The van der Waals surface area contributed by atoms with Gasteiger partial charge in [-0.05, 0) is 91.9 Å². The van der Waals surface area contributed by atoms with E-state index in [1.54, 1.807) is 0 Å². The van der Waals surface area contributed by atoms with Crippen LogP contribution in [0.2, 0.25) is 0 Å². The number of fused-ring (bicyclic) bond motifs is 9. The van der Waals surface area contributed by atoms with E-state index in [0.29, 0.717) is 17.5 Å². The van der Waals surface area contributed by atoms with Gasteiger partial charge in [0.05, 0.1) is 16.7 Å². The maximum Gasteiger partial charge on any atom is 0.164 e. The van der Waals surface area contributed by atoms with Gasteiger partial charge in [0.2, 0.25) is 0 Å². The molecule has 304 valence electrons. The monoisotopic (exact) mass is 828 g/mol. The van der Waals surface area contributed by atoms with Crippen LogP contribution < -0.4 is 0 Å². The maximum absolute atomic E-state index is 5.15. The lowest BCUT2D eigenvalue weighted by atomic mass is 9.73. The molecule has 0 bridgehead atoms. The van der Waals surface area contributed by atoms with Crippen LogP contribution in [0.1, 0.15) is 22.6 Å². The van der Waals surface area contributed by atoms with Crippen LogP contribution in [0.15, 0.2) is 224 Å². The Morgan fingerprint density at radius 2 is 0.938 bits per heavy atom. The fourth-order valence-corrected chi connectivity index (χ4v) is 10.4. The molecule has 1 aliphatic rings. The van der Waals surface area contributed by atoms with Crippen LogP contribution in [0.4, 0.5) is 0 Å². The quantitative estimate of drug-likeness (QED) is 0.168. The Morgan fingerprint density at radius 1 is 0.369 bits per heavy atom. The number of hydrogen-bond acceptors (Lipinski definition) is 3. The summed E-state index contributed by atoms with van der Waals surface area (Å²) in [5, 5.41) is 7.24.